The zero-order valence-electron chi connectivity index (χ0n) is 31.9. The lowest BCUT2D eigenvalue weighted by molar-refractivity contribution is 0.442. The summed E-state index contributed by atoms with van der Waals surface area (Å²) in [6, 6.07) is 59.7. The van der Waals surface area contributed by atoms with Crippen molar-refractivity contribution < 1.29 is 8.83 Å². The van der Waals surface area contributed by atoms with E-state index in [1.54, 1.807) is 0 Å². The van der Waals surface area contributed by atoms with Crippen LogP contribution in [-0.2, 0) is 0 Å². The van der Waals surface area contributed by atoms with E-state index in [1.807, 2.05) is 0 Å². The van der Waals surface area contributed by atoms with Crippen molar-refractivity contribution in [2.24, 2.45) is 0 Å². The summed E-state index contributed by atoms with van der Waals surface area (Å²) in [7, 11) is 0. The molecule has 0 amide bonds. The Hall–Kier alpha value is -7.04. The van der Waals surface area contributed by atoms with Gasteiger partial charge in [0.2, 0.25) is 0 Å². The van der Waals surface area contributed by atoms with Gasteiger partial charge in [-0.25, -0.2) is 0 Å². The van der Waals surface area contributed by atoms with Crippen LogP contribution in [0.1, 0.15) is 43.6 Å². The molecule has 13 rings (SSSR count). The molecule has 12 aromatic rings. The van der Waals surface area contributed by atoms with Gasteiger partial charge in [-0.1, -0.05) is 104 Å². The second kappa shape index (κ2) is 12.2. The minimum absolute atomic E-state index is 0.561. The van der Waals surface area contributed by atoms with Crippen LogP contribution >= 0.6 is 0 Å². The summed E-state index contributed by atoms with van der Waals surface area (Å²) in [4.78, 5) is 0. The van der Waals surface area contributed by atoms with E-state index < -0.39 is 0 Å². The molecule has 1 aliphatic rings. The maximum Gasteiger partial charge on any atom is 0.147 e. The van der Waals surface area contributed by atoms with Crippen LogP contribution in [0.4, 0.5) is 0 Å². The van der Waals surface area contributed by atoms with E-state index in [0.717, 1.165) is 49.6 Å². The largest absolute Gasteiger partial charge is 0.456 e. The minimum Gasteiger partial charge on any atom is -0.456 e. The number of hydrogen-bond donors (Lipinski definition) is 0. The molecule has 1 saturated carbocycles. The molecule has 0 spiro atoms. The zero-order valence-corrected chi connectivity index (χ0v) is 31.9. The van der Waals surface area contributed by atoms with Crippen molar-refractivity contribution in [2.75, 3.05) is 0 Å². The molecule has 8 aromatic carbocycles. The molecule has 4 nitrogen and oxygen atoms in total. The zero-order chi connectivity index (χ0) is 37.9. The normalized spacial score (nSPS) is 14.1. The Kier molecular flexibility index (Phi) is 6.77. The highest BCUT2D eigenvalue weighted by Gasteiger charge is 2.23. The first-order valence-corrected chi connectivity index (χ1v) is 20.7. The molecule has 0 N–H and O–H groups in total. The van der Waals surface area contributed by atoms with Gasteiger partial charge in [0.05, 0.1) is 27.5 Å². The van der Waals surface area contributed by atoms with E-state index in [-0.39, 0.29) is 0 Å². The Balaban J connectivity index is 0.959. The Morgan fingerprint density at radius 2 is 0.983 bits per heavy atom. The number of nitrogens with zero attached hydrogens (tertiary/aromatic N) is 2. The van der Waals surface area contributed by atoms with Crippen molar-refractivity contribution >= 4 is 87.5 Å². The summed E-state index contributed by atoms with van der Waals surface area (Å²) in [5, 5.41) is 9.44. The van der Waals surface area contributed by atoms with Gasteiger partial charge >= 0.3 is 0 Å². The molecule has 0 saturated heterocycles. The maximum absolute atomic E-state index is 6.74. The van der Waals surface area contributed by atoms with Crippen LogP contribution in [0.3, 0.4) is 0 Å². The van der Waals surface area contributed by atoms with Gasteiger partial charge in [-0.2, -0.15) is 0 Å². The average Bonchev–Trinajstić information content (AvgIpc) is 4.04. The highest BCUT2D eigenvalue weighted by molar-refractivity contribution is 6.22. The van der Waals surface area contributed by atoms with Gasteiger partial charge in [-0.15, -0.1) is 0 Å². The van der Waals surface area contributed by atoms with Gasteiger partial charge in [0, 0.05) is 49.1 Å². The van der Waals surface area contributed by atoms with Crippen molar-refractivity contribution in [2.45, 2.75) is 38.0 Å². The van der Waals surface area contributed by atoms with E-state index in [1.165, 1.54) is 98.1 Å². The lowest BCUT2D eigenvalue weighted by atomic mass is 9.83. The summed E-state index contributed by atoms with van der Waals surface area (Å²) in [6.45, 7) is 0. The first kappa shape index (κ1) is 32.1. The Labute approximate surface area is 334 Å². The fraction of sp³-hybridized carbons (Fsp3) is 0.111. The van der Waals surface area contributed by atoms with E-state index in [2.05, 4.69) is 173 Å². The Bertz CT molecular complexity index is 3610. The number of furan rings is 2. The molecule has 0 aliphatic heterocycles. The van der Waals surface area contributed by atoms with Gasteiger partial charge in [-0.05, 0) is 114 Å². The van der Waals surface area contributed by atoms with E-state index in [0.29, 0.717) is 5.92 Å². The lowest BCUT2D eigenvalue weighted by Crippen LogP contribution is -2.04. The second-order valence-corrected chi connectivity index (χ2v) is 16.3. The predicted molar refractivity (Wildman–Crippen MR) is 241 cm³/mol. The molecule has 1 fully saturated rings. The monoisotopic (exact) mass is 746 g/mol. The minimum atomic E-state index is 0.561. The number of hydrogen-bond acceptors (Lipinski definition) is 2. The van der Waals surface area contributed by atoms with Crippen molar-refractivity contribution in [3.05, 3.63) is 169 Å². The van der Waals surface area contributed by atoms with Gasteiger partial charge < -0.3 is 18.0 Å². The second-order valence-electron chi connectivity index (χ2n) is 16.3. The van der Waals surface area contributed by atoms with Gasteiger partial charge in [0.1, 0.15) is 22.3 Å². The lowest BCUT2D eigenvalue weighted by Gasteiger charge is -2.21. The molecule has 0 radical (unpaired) electrons. The molecular weight excluding hydrogens is 709 g/mol. The van der Waals surface area contributed by atoms with Crippen molar-refractivity contribution in [3.63, 3.8) is 0 Å². The summed E-state index contributed by atoms with van der Waals surface area (Å²) in [5.74, 6) is 0.561. The molecule has 4 heteroatoms. The van der Waals surface area contributed by atoms with Gasteiger partial charge in [0.15, 0.2) is 0 Å². The molecule has 1 aliphatic carbocycles. The van der Waals surface area contributed by atoms with Crippen LogP contribution in [0, 0.1) is 0 Å². The fourth-order valence-corrected chi connectivity index (χ4v) is 10.4. The fourth-order valence-electron chi connectivity index (χ4n) is 10.4. The van der Waals surface area contributed by atoms with Crippen LogP contribution in [0.25, 0.3) is 110 Å². The quantitative estimate of drug-likeness (QED) is 0.180. The highest BCUT2D eigenvalue weighted by atomic mass is 16.3. The van der Waals surface area contributed by atoms with Crippen LogP contribution in [0.2, 0.25) is 0 Å². The van der Waals surface area contributed by atoms with Crippen LogP contribution in [0.15, 0.2) is 173 Å². The third kappa shape index (κ3) is 4.57. The third-order valence-corrected chi connectivity index (χ3v) is 13.1. The SMILES string of the molecule is c1ccc(-n2c3ccccc3c3cc(-c4ccc5c(c4)c4ccccc4n5-c4ccc5oc6c(ccc7oc8c(C9CCCCC9)cccc8c76)c5c4)ccc32)cc1. The molecule has 0 bridgehead atoms. The van der Waals surface area contributed by atoms with Crippen molar-refractivity contribution in [3.8, 4) is 22.5 Å². The molecule has 58 heavy (non-hydrogen) atoms. The topological polar surface area (TPSA) is 36.1 Å². The van der Waals surface area contributed by atoms with Crippen LogP contribution < -0.4 is 0 Å². The smallest absolute Gasteiger partial charge is 0.147 e. The van der Waals surface area contributed by atoms with Crippen LogP contribution in [0.5, 0.6) is 0 Å². The predicted octanol–water partition coefficient (Wildman–Crippen LogP) is 15.4. The first-order valence-electron chi connectivity index (χ1n) is 20.7. The first-order chi connectivity index (χ1) is 28.8. The molecule has 276 valence electrons. The number of para-hydroxylation sites is 4. The number of fused-ring (bicyclic) bond motifs is 13. The molecular formula is C54H38N2O2. The number of benzene rings is 8. The van der Waals surface area contributed by atoms with E-state index in [9.17, 15) is 0 Å². The van der Waals surface area contributed by atoms with E-state index >= 15 is 0 Å². The Morgan fingerprint density at radius 3 is 1.71 bits per heavy atom. The van der Waals surface area contributed by atoms with Gasteiger partial charge in [-0.3, -0.25) is 0 Å². The molecule has 0 atom stereocenters. The maximum atomic E-state index is 6.74. The van der Waals surface area contributed by atoms with E-state index in [4.69, 9.17) is 8.83 Å². The summed E-state index contributed by atoms with van der Waals surface area (Å²) in [5.41, 5.74) is 14.5. The molecule has 4 heterocycles. The van der Waals surface area contributed by atoms with Crippen LogP contribution in [-0.4, -0.2) is 9.13 Å². The van der Waals surface area contributed by atoms with Gasteiger partial charge in [0.25, 0.3) is 0 Å². The highest BCUT2D eigenvalue weighted by Crippen LogP contribution is 2.45. The summed E-state index contributed by atoms with van der Waals surface area (Å²) < 4.78 is 18.2. The standard InChI is InChI=1S/C54H38N2O2/c1-3-12-33(13-4-1)38-18-11-19-42-52-51(58-53(38)42)29-25-41-45-32-37(24-28-50(45)57-54(41)52)56-47-21-10-8-17-40(47)44-31-35(23-27-49(44)56)34-22-26-48-43(30-34)39-16-7-9-20-46(39)55(48)36-14-5-2-6-15-36/h2,5-11,14-33H,1,3-4,12-13H2. The van der Waals surface area contributed by atoms with Crippen molar-refractivity contribution in [1.82, 2.24) is 9.13 Å². The summed E-state index contributed by atoms with van der Waals surface area (Å²) in [6.07, 6.45) is 6.40. The number of aromatic nitrogens is 2. The van der Waals surface area contributed by atoms with Crippen molar-refractivity contribution in [1.29, 1.82) is 0 Å². The average molecular weight is 747 g/mol. The molecule has 0 unspecified atom stereocenters. The molecule has 4 aromatic heterocycles. The summed E-state index contributed by atoms with van der Waals surface area (Å²) >= 11 is 0. The number of rotatable bonds is 4. The third-order valence-electron chi connectivity index (χ3n) is 13.1. The Morgan fingerprint density at radius 1 is 0.379 bits per heavy atom.